The molecule has 2 aromatic heterocycles. The van der Waals surface area contributed by atoms with Gasteiger partial charge in [-0.2, -0.15) is 4.37 Å². The molecule has 4 aromatic carbocycles. The molecule has 0 aliphatic carbocycles. The van der Waals surface area contributed by atoms with Crippen LogP contribution in [-0.4, -0.2) is 21.4 Å². The molecule has 7 heteroatoms. The molecule has 0 fully saturated rings. The third-order valence-corrected chi connectivity index (χ3v) is 8.64. The van der Waals surface area contributed by atoms with Crippen molar-refractivity contribution in [3.8, 4) is 10.4 Å². The topological polar surface area (TPSA) is 79.3 Å². The second-order valence-corrected chi connectivity index (χ2v) is 11.2. The van der Waals surface area contributed by atoms with Crippen LogP contribution in [0.1, 0.15) is 50.5 Å². The highest BCUT2D eigenvalue weighted by molar-refractivity contribution is 7.14. The van der Waals surface area contributed by atoms with E-state index in [0.29, 0.717) is 12.0 Å². The zero-order chi connectivity index (χ0) is 26.9. The van der Waals surface area contributed by atoms with E-state index >= 15 is 0 Å². The first kappa shape index (κ1) is 25.0. The summed E-state index contributed by atoms with van der Waals surface area (Å²) >= 11 is 3.05. The van der Waals surface area contributed by atoms with E-state index in [2.05, 4.69) is 47.8 Å². The van der Waals surface area contributed by atoms with Crippen LogP contribution in [0, 0.1) is 0 Å². The molecule has 0 saturated carbocycles. The van der Waals surface area contributed by atoms with Gasteiger partial charge in [-0.05, 0) is 81.6 Å². The fraction of sp³-hybridized carbons (Fsp3) is 0.0938. The van der Waals surface area contributed by atoms with E-state index in [1.165, 1.54) is 22.3 Å². The maximum atomic E-state index is 13.8. The smallest absolute Gasteiger partial charge is 0.335 e. The number of benzene rings is 4. The van der Waals surface area contributed by atoms with Gasteiger partial charge in [-0.25, -0.2) is 4.79 Å². The van der Waals surface area contributed by atoms with Crippen LogP contribution in [0.2, 0.25) is 0 Å². The average molecular weight is 549 g/mol. The van der Waals surface area contributed by atoms with Gasteiger partial charge in [0.25, 0.3) is 5.91 Å². The summed E-state index contributed by atoms with van der Waals surface area (Å²) < 4.78 is 5.78. The minimum atomic E-state index is -0.977. The third kappa shape index (κ3) is 5.06. The molecule has 1 atom stereocenters. The molecule has 2 heterocycles. The van der Waals surface area contributed by atoms with E-state index in [9.17, 15) is 14.7 Å². The molecule has 0 bridgehead atoms. The molecule has 5 nitrogen and oxygen atoms in total. The van der Waals surface area contributed by atoms with Gasteiger partial charge in [0.2, 0.25) is 0 Å². The van der Waals surface area contributed by atoms with Crippen molar-refractivity contribution in [2.75, 3.05) is 0 Å². The highest BCUT2D eigenvalue weighted by Crippen LogP contribution is 2.35. The summed E-state index contributed by atoms with van der Waals surface area (Å²) in [5.41, 5.74) is 4.65. The molecule has 1 amide bonds. The molecule has 6 rings (SSSR count). The van der Waals surface area contributed by atoms with Gasteiger partial charge >= 0.3 is 5.97 Å². The molecule has 0 aliphatic heterocycles. The molecule has 0 aliphatic rings. The van der Waals surface area contributed by atoms with Crippen LogP contribution in [0.4, 0.5) is 0 Å². The van der Waals surface area contributed by atoms with Gasteiger partial charge < -0.3 is 10.4 Å². The number of nitrogens with one attached hydrogen (secondary N) is 1. The monoisotopic (exact) mass is 548 g/mol. The molecule has 0 unspecified atom stereocenters. The predicted octanol–water partition coefficient (Wildman–Crippen LogP) is 7.96. The summed E-state index contributed by atoms with van der Waals surface area (Å²) in [6, 6.07) is 29.1. The molecular formula is C32H24N2O3S2. The van der Waals surface area contributed by atoms with E-state index in [1.54, 1.807) is 35.6 Å². The minimum Gasteiger partial charge on any atom is -0.478 e. The fourth-order valence-electron chi connectivity index (χ4n) is 4.83. The van der Waals surface area contributed by atoms with Gasteiger partial charge in [-0.1, -0.05) is 60.7 Å². The third-order valence-electron chi connectivity index (χ3n) is 6.89. The largest absolute Gasteiger partial charge is 0.478 e. The lowest BCUT2D eigenvalue weighted by Gasteiger charge is -2.16. The number of thiophene rings is 1. The zero-order valence-corrected chi connectivity index (χ0v) is 22.7. The Kier molecular flexibility index (Phi) is 6.69. The van der Waals surface area contributed by atoms with Crippen molar-refractivity contribution >= 4 is 55.6 Å². The highest BCUT2D eigenvalue weighted by atomic mass is 32.1. The Morgan fingerprint density at radius 1 is 0.923 bits per heavy atom. The molecular weight excluding hydrogens is 524 g/mol. The van der Waals surface area contributed by atoms with Gasteiger partial charge in [0.15, 0.2) is 0 Å². The Hall–Kier alpha value is -4.33. The lowest BCUT2D eigenvalue weighted by atomic mass is 9.98. The van der Waals surface area contributed by atoms with Crippen molar-refractivity contribution in [3.05, 3.63) is 124 Å². The molecule has 0 spiro atoms. The summed E-state index contributed by atoms with van der Waals surface area (Å²) in [4.78, 5) is 26.1. The molecule has 0 saturated heterocycles. The quantitative estimate of drug-likeness (QED) is 0.212. The maximum absolute atomic E-state index is 13.8. The van der Waals surface area contributed by atoms with Gasteiger partial charge in [0, 0.05) is 16.7 Å². The lowest BCUT2D eigenvalue weighted by molar-refractivity contribution is 0.0696. The van der Waals surface area contributed by atoms with Crippen molar-refractivity contribution in [2.45, 2.75) is 19.4 Å². The predicted molar refractivity (Wildman–Crippen MR) is 159 cm³/mol. The number of hydrogen-bond donors (Lipinski definition) is 2. The number of nitrogens with zero attached hydrogens (tertiary/aromatic N) is 1. The SMILES string of the molecule is C[C@H](NC(=O)c1cc(-c2cccs2)cc2snc(Cc3ccc4ccccc4c3)c12)c1ccc(C(=O)O)cc1. The second-order valence-electron chi connectivity index (χ2n) is 9.48. The number of fused-ring (bicyclic) bond motifs is 2. The van der Waals surface area contributed by atoms with Gasteiger partial charge in [0.05, 0.1) is 27.6 Å². The Morgan fingerprint density at radius 2 is 1.72 bits per heavy atom. The van der Waals surface area contributed by atoms with Crippen LogP contribution < -0.4 is 5.32 Å². The number of hydrogen-bond acceptors (Lipinski definition) is 5. The molecule has 0 radical (unpaired) electrons. The summed E-state index contributed by atoms with van der Waals surface area (Å²) in [7, 11) is 0. The average Bonchev–Trinajstić information content (AvgIpc) is 3.63. The van der Waals surface area contributed by atoms with Gasteiger partial charge in [-0.3, -0.25) is 4.79 Å². The summed E-state index contributed by atoms with van der Waals surface area (Å²) in [5, 5.41) is 17.6. The number of carbonyl (C=O) groups excluding carboxylic acids is 1. The Bertz CT molecular complexity index is 1820. The fourth-order valence-corrected chi connectivity index (χ4v) is 6.41. The van der Waals surface area contributed by atoms with Crippen molar-refractivity contribution in [1.29, 1.82) is 0 Å². The standard InChI is InChI=1S/C32H24N2O3S2/c1-19(21-10-12-23(13-11-21)32(36)37)33-31(35)26-17-25(28-7-4-14-38-28)18-29-30(26)27(34-39-29)16-20-8-9-22-5-2-3-6-24(22)15-20/h2-15,17-19H,16H2,1H3,(H,33,35)(H,36,37)/t19-/m0/s1. The summed E-state index contributed by atoms with van der Waals surface area (Å²) in [5.74, 6) is -1.16. The van der Waals surface area contributed by atoms with E-state index in [1.807, 2.05) is 36.6 Å². The van der Waals surface area contributed by atoms with Crippen molar-refractivity contribution in [2.24, 2.45) is 0 Å². The number of aromatic nitrogens is 1. The Labute approximate surface area is 233 Å². The van der Waals surface area contributed by atoms with Gasteiger partial charge in [-0.15, -0.1) is 11.3 Å². The van der Waals surface area contributed by atoms with E-state index in [-0.39, 0.29) is 17.5 Å². The van der Waals surface area contributed by atoms with Crippen LogP contribution in [-0.2, 0) is 6.42 Å². The Balaban J connectivity index is 1.38. The van der Waals surface area contributed by atoms with Crippen molar-refractivity contribution < 1.29 is 14.7 Å². The van der Waals surface area contributed by atoms with E-state index in [0.717, 1.165) is 37.3 Å². The maximum Gasteiger partial charge on any atom is 0.335 e. The number of carbonyl (C=O) groups is 2. The first-order valence-electron chi connectivity index (χ1n) is 12.5. The summed E-state index contributed by atoms with van der Waals surface area (Å²) in [6.45, 7) is 1.90. The number of rotatable bonds is 7. The lowest BCUT2D eigenvalue weighted by Crippen LogP contribution is -2.27. The van der Waals surface area contributed by atoms with Crippen LogP contribution >= 0.6 is 22.9 Å². The number of carboxylic acid groups (broad SMARTS) is 1. The Morgan fingerprint density at radius 3 is 2.46 bits per heavy atom. The van der Waals surface area contributed by atoms with Crippen LogP contribution in [0.15, 0.2) is 96.4 Å². The molecule has 39 heavy (non-hydrogen) atoms. The number of carboxylic acids is 1. The number of aromatic carboxylic acids is 1. The van der Waals surface area contributed by atoms with E-state index in [4.69, 9.17) is 4.37 Å². The molecule has 192 valence electrons. The molecule has 6 aromatic rings. The zero-order valence-electron chi connectivity index (χ0n) is 21.0. The number of amides is 1. The van der Waals surface area contributed by atoms with Crippen LogP contribution in [0.5, 0.6) is 0 Å². The van der Waals surface area contributed by atoms with E-state index < -0.39 is 5.97 Å². The van der Waals surface area contributed by atoms with Gasteiger partial charge in [0.1, 0.15) is 0 Å². The van der Waals surface area contributed by atoms with Crippen LogP contribution in [0.25, 0.3) is 31.3 Å². The van der Waals surface area contributed by atoms with Crippen molar-refractivity contribution in [1.82, 2.24) is 9.69 Å². The minimum absolute atomic E-state index is 0.187. The van der Waals surface area contributed by atoms with Crippen molar-refractivity contribution in [3.63, 3.8) is 0 Å². The first-order chi connectivity index (χ1) is 19.0. The highest BCUT2D eigenvalue weighted by Gasteiger charge is 2.21. The molecule has 2 N–H and O–H groups in total. The second kappa shape index (κ2) is 10.4. The first-order valence-corrected chi connectivity index (χ1v) is 14.2. The summed E-state index contributed by atoms with van der Waals surface area (Å²) in [6.07, 6.45) is 0.621. The van der Waals surface area contributed by atoms with Crippen LogP contribution in [0.3, 0.4) is 0 Å². The normalized spacial score (nSPS) is 12.0.